The summed E-state index contributed by atoms with van der Waals surface area (Å²) in [6, 6.07) is 0. The summed E-state index contributed by atoms with van der Waals surface area (Å²) >= 11 is 0. The molecular weight excluding hydrogens is 181 g/mol. The third kappa shape index (κ3) is 6.61. The van der Waals surface area contributed by atoms with E-state index in [1.165, 1.54) is 13.8 Å². The Morgan fingerprint density at radius 2 is 1.69 bits per heavy atom. The second kappa shape index (κ2) is 4.11. The van der Waals surface area contributed by atoms with Crippen LogP contribution >= 0.6 is 0 Å². The molecule has 0 bridgehead atoms. The molecule has 0 amide bonds. The summed E-state index contributed by atoms with van der Waals surface area (Å²) in [5.41, 5.74) is -0.967. The van der Waals surface area contributed by atoms with Crippen LogP contribution in [0.25, 0.3) is 0 Å². The quantitative estimate of drug-likeness (QED) is 0.674. The number of Topliss-reactive ketones (excluding diaryl/α,β-unsaturated/α-hetero) is 1. The number of rotatable bonds is 4. The van der Waals surface area contributed by atoms with Crippen LogP contribution in [0.4, 0.5) is 13.2 Å². The average molecular weight is 196 g/mol. The smallest absolute Gasteiger partial charge is 0.300 e. The fourth-order valence-corrected chi connectivity index (χ4v) is 1.26. The maximum Gasteiger partial charge on any atom is 0.389 e. The van der Waals surface area contributed by atoms with Crippen molar-refractivity contribution in [1.29, 1.82) is 0 Å². The molecule has 0 aromatic carbocycles. The molecule has 0 fully saturated rings. The van der Waals surface area contributed by atoms with Crippen molar-refractivity contribution in [3.05, 3.63) is 0 Å². The average Bonchev–Trinajstić information content (AvgIpc) is 1.80. The maximum atomic E-state index is 12.0. The minimum atomic E-state index is -4.18. The maximum absolute atomic E-state index is 12.0. The van der Waals surface area contributed by atoms with Crippen LogP contribution in [0.5, 0.6) is 0 Å². The molecule has 0 unspecified atom stereocenters. The van der Waals surface area contributed by atoms with E-state index in [1.807, 2.05) is 0 Å². The predicted octanol–water partition coefficient (Wildman–Crippen LogP) is 3.33. The van der Waals surface area contributed by atoms with Crippen LogP contribution < -0.4 is 0 Å². The monoisotopic (exact) mass is 196 g/mol. The lowest BCUT2D eigenvalue weighted by atomic mass is 9.83. The van der Waals surface area contributed by atoms with E-state index in [0.29, 0.717) is 6.42 Å². The zero-order valence-electron chi connectivity index (χ0n) is 8.16. The highest BCUT2D eigenvalue weighted by molar-refractivity contribution is 5.78. The van der Waals surface area contributed by atoms with Gasteiger partial charge in [0.15, 0.2) is 0 Å². The molecular formula is C9H15F3O. The van der Waals surface area contributed by atoms with E-state index in [9.17, 15) is 18.0 Å². The molecule has 0 saturated heterocycles. The van der Waals surface area contributed by atoms with Crippen LogP contribution in [0.3, 0.4) is 0 Å². The van der Waals surface area contributed by atoms with Gasteiger partial charge in [0.05, 0.1) is 0 Å². The standard InChI is InChI=1S/C9H15F3O/c1-4-7(13)5-8(2,3)6-9(10,11)12/h4-6H2,1-3H3. The van der Waals surface area contributed by atoms with Crippen molar-refractivity contribution >= 4 is 5.78 Å². The highest BCUT2D eigenvalue weighted by atomic mass is 19.4. The molecule has 0 saturated carbocycles. The summed E-state index contributed by atoms with van der Waals surface area (Å²) in [4.78, 5) is 10.9. The van der Waals surface area contributed by atoms with Crippen molar-refractivity contribution in [2.75, 3.05) is 0 Å². The second-order valence-electron chi connectivity index (χ2n) is 4.03. The van der Waals surface area contributed by atoms with Crippen molar-refractivity contribution in [1.82, 2.24) is 0 Å². The van der Waals surface area contributed by atoms with Crippen LogP contribution in [0.15, 0.2) is 0 Å². The summed E-state index contributed by atoms with van der Waals surface area (Å²) in [7, 11) is 0. The first-order chi connectivity index (χ1) is 5.66. The van der Waals surface area contributed by atoms with Gasteiger partial charge >= 0.3 is 6.18 Å². The van der Waals surface area contributed by atoms with Crippen molar-refractivity contribution in [2.24, 2.45) is 5.41 Å². The number of ketones is 1. The Labute approximate surface area is 76.3 Å². The fraction of sp³-hybridized carbons (Fsp3) is 0.889. The summed E-state index contributed by atoms with van der Waals surface area (Å²) in [5, 5.41) is 0. The lowest BCUT2D eigenvalue weighted by Gasteiger charge is -2.24. The van der Waals surface area contributed by atoms with E-state index >= 15 is 0 Å². The predicted molar refractivity (Wildman–Crippen MR) is 44.4 cm³/mol. The van der Waals surface area contributed by atoms with Gasteiger partial charge in [-0.1, -0.05) is 20.8 Å². The van der Waals surface area contributed by atoms with Crippen molar-refractivity contribution in [2.45, 2.75) is 46.2 Å². The van der Waals surface area contributed by atoms with Gasteiger partial charge in [0.2, 0.25) is 0 Å². The Bertz CT molecular complexity index is 182. The van der Waals surface area contributed by atoms with Crippen LogP contribution in [-0.4, -0.2) is 12.0 Å². The number of hydrogen-bond acceptors (Lipinski definition) is 1. The Hall–Kier alpha value is -0.540. The largest absolute Gasteiger partial charge is 0.389 e. The number of hydrogen-bond donors (Lipinski definition) is 0. The van der Waals surface area contributed by atoms with Gasteiger partial charge in [-0.05, 0) is 5.41 Å². The molecule has 0 aromatic rings. The molecule has 0 rings (SSSR count). The first-order valence-electron chi connectivity index (χ1n) is 4.25. The second-order valence-corrected chi connectivity index (χ2v) is 4.03. The third-order valence-corrected chi connectivity index (χ3v) is 1.75. The highest BCUT2D eigenvalue weighted by Gasteiger charge is 2.37. The molecule has 0 heterocycles. The van der Waals surface area contributed by atoms with Gasteiger partial charge < -0.3 is 0 Å². The molecule has 0 spiro atoms. The van der Waals surface area contributed by atoms with Gasteiger partial charge in [0.1, 0.15) is 5.78 Å². The summed E-state index contributed by atoms with van der Waals surface area (Å²) in [6.45, 7) is 4.59. The van der Waals surface area contributed by atoms with Gasteiger partial charge in [-0.2, -0.15) is 13.2 Å². The van der Waals surface area contributed by atoms with E-state index in [0.717, 1.165) is 0 Å². The Morgan fingerprint density at radius 3 is 2.00 bits per heavy atom. The number of carbonyl (C=O) groups is 1. The molecule has 0 aliphatic carbocycles. The van der Waals surface area contributed by atoms with Gasteiger partial charge in [-0.15, -0.1) is 0 Å². The van der Waals surface area contributed by atoms with E-state index in [1.54, 1.807) is 6.92 Å². The Morgan fingerprint density at radius 1 is 1.23 bits per heavy atom. The molecule has 0 aliphatic rings. The molecule has 0 aliphatic heterocycles. The first-order valence-corrected chi connectivity index (χ1v) is 4.25. The summed E-state index contributed by atoms with van der Waals surface area (Å²) in [6.07, 6.45) is -4.77. The molecule has 0 atom stereocenters. The Balaban J connectivity index is 4.16. The van der Waals surface area contributed by atoms with Crippen LogP contribution in [-0.2, 0) is 4.79 Å². The van der Waals surface area contributed by atoms with E-state index < -0.39 is 18.0 Å². The van der Waals surface area contributed by atoms with Crippen molar-refractivity contribution in [3.8, 4) is 0 Å². The molecule has 0 radical (unpaired) electrons. The van der Waals surface area contributed by atoms with E-state index in [-0.39, 0.29) is 12.2 Å². The lowest BCUT2D eigenvalue weighted by Crippen LogP contribution is -2.24. The minimum Gasteiger partial charge on any atom is -0.300 e. The van der Waals surface area contributed by atoms with Gasteiger partial charge in [0, 0.05) is 19.3 Å². The summed E-state index contributed by atoms with van der Waals surface area (Å²) in [5.74, 6) is -0.116. The molecule has 1 nitrogen and oxygen atoms in total. The zero-order chi connectivity index (χ0) is 10.7. The molecule has 4 heteroatoms. The number of alkyl halides is 3. The van der Waals surface area contributed by atoms with Gasteiger partial charge in [-0.3, -0.25) is 4.79 Å². The van der Waals surface area contributed by atoms with Gasteiger partial charge in [-0.25, -0.2) is 0 Å². The molecule has 0 aromatic heterocycles. The van der Waals surface area contributed by atoms with Gasteiger partial charge in [0.25, 0.3) is 0 Å². The lowest BCUT2D eigenvalue weighted by molar-refractivity contribution is -0.156. The summed E-state index contributed by atoms with van der Waals surface area (Å²) < 4.78 is 36.0. The normalized spacial score (nSPS) is 13.1. The van der Waals surface area contributed by atoms with Crippen LogP contribution in [0, 0.1) is 5.41 Å². The number of halogens is 3. The Kier molecular flexibility index (Phi) is 3.94. The van der Waals surface area contributed by atoms with E-state index in [2.05, 4.69) is 0 Å². The SMILES string of the molecule is CCC(=O)CC(C)(C)CC(F)(F)F. The minimum absolute atomic E-state index is 0.00299. The van der Waals surface area contributed by atoms with Crippen molar-refractivity contribution in [3.63, 3.8) is 0 Å². The van der Waals surface area contributed by atoms with Crippen molar-refractivity contribution < 1.29 is 18.0 Å². The number of carbonyl (C=O) groups excluding carboxylic acids is 1. The third-order valence-electron chi connectivity index (χ3n) is 1.75. The van der Waals surface area contributed by atoms with E-state index in [4.69, 9.17) is 0 Å². The molecule has 78 valence electrons. The highest BCUT2D eigenvalue weighted by Crippen LogP contribution is 2.35. The molecule has 13 heavy (non-hydrogen) atoms. The zero-order valence-corrected chi connectivity index (χ0v) is 8.16. The topological polar surface area (TPSA) is 17.1 Å². The molecule has 0 N–H and O–H groups in total. The van der Waals surface area contributed by atoms with Crippen LogP contribution in [0.2, 0.25) is 0 Å². The first kappa shape index (κ1) is 12.5. The van der Waals surface area contributed by atoms with Crippen LogP contribution in [0.1, 0.15) is 40.0 Å². The fourth-order valence-electron chi connectivity index (χ4n) is 1.26.